The summed E-state index contributed by atoms with van der Waals surface area (Å²) in [5.74, 6) is 2.67. The summed E-state index contributed by atoms with van der Waals surface area (Å²) in [5, 5.41) is 3.40. The van der Waals surface area contributed by atoms with Crippen LogP contribution in [-0.4, -0.2) is 27.5 Å². The van der Waals surface area contributed by atoms with Crippen LogP contribution in [0.4, 0.5) is 0 Å². The van der Waals surface area contributed by atoms with E-state index in [1.807, 2.05) is 13.1 Å². The molecule has 90 valence electrons. The van der Waals surface area contributed by atoms with Gasteiger partial charge in [0.2, 0.25) is 0 Å². The number of rotatable bonds is 1. The SMILES string of the molecule is Cc1ncc2cc(C3CCNCC3)nc(C)n12. The monoisotopic (exact) mass is 230 g/mol. The average molecular weight is 230 g/mol. The summed E-state index contributed by atoms with van der Waals surface area (Å²) < 4.78 is 2.12. The molecule has 1 saturated heterocycles. The lowest BCUT2D eigenvalue weighted by Gasteiger charge is -2.22. The first-order chi connectivity index (χ1) is 8.25. The average Bonchev–Trinajstić information content (AvgIpc) is 2.73. The van der Waals surface area contributed by atoms with Gasteiger partial charge in [0.05, 0.1) is 11.7 Å². The van der Waals surface area contributed by atoms with E-state index in [1.165, 1.54) is 24.1 Å². The predicted molar refractivity (Wildman–Crippen MR) is 67.3 cm³/mol. The molecule has 0 spiro atoms. The lowest BCUT2D eigenvalue weighted by molar-refractivity contribution is 0.452. The maximum atomic E-state index is 4.75. The van der Waals surface area contributed by atoms with Crippen LogP contribution in [-0.2, 0) is 0 Å². The van der Waals surface area contributed by atoms with Gasteiger partial charge in [-0.3, -0.25) is 4.40 Å². The van der Waals surface area contributed by atoms with Crippen molar-refractivity contribution >= 4 is 5.52 Å². The Bertz CT molecular complexity index is 538. The van der Waals surface area contributed by atoms with E-state index in [0.717, 1.165) is 24.7 Å². The third-order valence-corrected chi connectivity index (χ3v) is 3.63. The summed E-state index contributed by atoms with van der Waals surface area (Å²) in [6.45, 7) is 6.29. The molecular formula is C13H18N4. The lowest BCUT2D eigenvalue weighted by Crippen LogP contribution is -2.27. The Labute approximate surface area is 101 Å². The zero-order chi connectivity index (χ0) is 11.8. The lowest BCUT2D eigenvalue weighted by atomic mass is 9.94. The Morgan fingerprint density at radius 1 is 1.24 bits per heavy atom. The van der Waals surface area contributed by atoms with Crippen molar-refractivity contribution in [1.29, 1.82) is 0 Å². The van der Waals surface area contributed by atoms with Gasteiger partial charge in [0.15, 0.2) is 0 Å². The number of aryl methyl sites for hydroxylation is 2. The van der Waals surface area contributed by atoms with Crippen molar-refractivity contribution in [3.8, 4) is 0 Å². The van der Waals surface area contributed by atoms with Gasteiger partial charge in [0, 0.05) is 11.6 Å². The number of imidazole rings is 1. The molecule has 1 N–H and O–H groups in total. The van der Waals surface area contributed by atoms with E-state index in [1.54, 1.807) is 0 Å². The summed E-state index contributed by atoms with van der Waals surface area (Å²) in [5.41, 5.74) is 2.40. The van der Waals surface area contributed by atoms with E-state index in [9.17, 15) is 0 Å². The molecule has 0 amide bonds. The van der Waals surface area contributed by atoms with Crippen molar-refractivity contribution in [2.45, 2.75) is 32.6 Å². The van der Waals surface area contributed by atoms with E-state index >= 15 is 0 Å². The van der Waals surface area contributed by atoms with Gasteiger partial charge in [-0.15, -0.1) is 0 Å². The molecule has 0 aliphatic carbocycles. The first kappa shape index (κ1) is 10.7. The molecule has 0 bridgehead atoms. The standard InChI is InChI=1S/C13H18N4/c1-9-15-8-12-7-13(16-10(2)17(9)12)11-3-5-14-6-4-11/h7-8,11,14H,3-6H2,1-2H3. The Morgan fingerprint density at radius 2 is 2.00 bits per heavy atom. The van der Waals surface area contributed by atoms with E-state index in [4.69, 9.17) is 4.98 Å². The van der Waals surface area contributed by atoms with Gasteiger partial charge in [-0.2, -0.15) is 0 Å². The number of nitrogens with one attached hydrogen (secondary N) is 1. The van der Waals surface area contributed by atoms with Crippen LogP contribution in [0.5, 0.6) is 0 Å². The second kappa shape index (κ2) is 4.11. The van der Waals surface area contributed by atoms with E-state index < -0.39 is 0 Å². The molecule has 2 aromatic heterocycles. The number of piperidine rings is 1. The molecule has 1 aliphatic heterocycles. The summed E-state index contributed by atoms with van der Waals surface area (Å²) in [4.78, 5) is 9.11. The van der Waals surface area contributed by atoms with Crippen LogP contribution in [0, 0.1) is 13.8 Å². The number of hydrogen-bond acceptors (Lipinski definition) is 3. The molecule has 3 rings (SSSR count). The van der Waals surface area contributed by atoms with Gasteiger partial charge in [0.25, 0.3) is 0 Å². The van der Waals surface area contributed by atoms with Gasteiger partial charge in [0.1, 0.15) is 11.6 Å². The highest BCUT2D eigenvalue weighted by Crippen LogP contribution is 2.25. The second-order valence-corrected chi connectivity index (χ2v) is 4.82. The molecule has 1 fully saturated rings. The molecule has 4 heteroatoms. The van der Waals surface area contributed by atoms with Crippen molar-refractivity contribution in [1.82, 2.24) is 19.7 Å². The minimum atomic E-state index is 0.607. The summed E-state index contributed by atoms with van der Waals surface area (Å²) in [7, 11) is 0. The highest BCUT2D eigenvalue weighted by Gasteiger charge is 2.18. The van der Waals surface area contributed by atoms with Crippen molar-refractivity contribution < 1.29 is 0 Å². The molecule has 2 aromatic rings. The molecule has 3 heterocycles. The maximum Gasteiger partial charge on any atom is 0.111 e. The second-order valence-electron chi connectivity index (χ2n) is 4.82. The van der Waals surface area contributed by atoms with E-state index in [-0.39, 0.29) is 0 Å². The van der Waals surface area contributed by atoms with Gasteiger partial charge in [-0.25, -0.2) is 9.97 Å². The zero-order valence-corrected chi connectivity index (χ0v) is 10.4. The smallest absolute Gasteiger partial charge is 0.111 e. The summed E-state index contributed by atoms with van der Waals surface area (Å²) >= 11 is 0. The van der Waals surface area contributed by atoms with Crippen LogP contribution in [0.2, 0.25) is 0 Å². The Kier molecular flexibility index (Phi) is 2.59. The van der Waals surface area contributed by atoms with Crippen LogP contribution in [0.1, 0.15) is 36.1 Å². The topological polar surface area (TPSA) is 42.2 Å². The third-order valence-electron chi connectivity index (χ3n) is 3.63. The fourth-order valence-corrected chi connectivity index (χ4v) is 2.73. The fraction of sp³-hybridized carbons (Fsp3) is 0.538. The van der Waals surface area contributed by atoms with Gasteiger partial charge >= 0.3 is 0 Å². The normalized spacial score (nSPS) is 17.8. The van der Waals surface area contributed by atoms with Gasteiger partial charge in [-0.1, -0.05) is 0 Å². The van der Waals surface area contributed by atoms with E-state index in [2.05, 4.69) is 27.7 Å². The molecule has 17 heavy (non-hydrogen) atoms. The van der Waals surface area contributed by atoms with Crippen LogP contribution < -0.4 is 5.32 Å². The number of nitrogens with zero attached hydrogens (tertiary/aromatic N) is 3. The first-order valence-corrected chi connectivity index (χ1v) is 6.28. The van der Waals surface area contributed by atoms with Crippen molar-refractivity contribution in [2.75, 3.05) is 13.1 Å². The van der Waals surface area contributed by atoms with Crippen LogP contribution in [0.3, 0.4) is 0 Å². The molecule has 0 saturated carbocycles. The fourth-order valence-electron chi connectivity index (χ4n) is 2.73. The highest BCUT2D eigenvalue weighted by molar-refractivity contribution is 5.48. The molecule has 1 aliphatic rings. The van der Waals surface area contributed by atoms with Crippen molar-refractivity contribution in [3.63, 3.8) is 0 Å². The van der Waals surface area contributed by atoms with Gasteiger partial charge in [-0.05, 0) is 45.8 Å². The van der Waals surface area contributed by atoms with Crippen molar-refractivity contribution in [3.05, 3.63) is 29.6 Å². The summed E-state index contributed by atoms with van der Waals surface area (Å²) in [6.07, 6.45) is 4.32. The maximum absolute atomic E-state index is 4.75. The summed E-state index contributed by atoms with van der Waals surface area (Å²) in [6, 6.07) is 2.20. The molecule has 0 atom stereocenters. The number of aromatic nitrogens is 3. The number of fused-ring (bicyclic) bond motifs is 1. The molecule has 0 aromatic carbocycles. The first-order valence-electron chi connectivity index (χ1n) is 6.28. The van der Waals surface area contributed by atoms with Gasteiger partial charge < -0.3 is 5.32 Å². The Hall–Kier alpha value is -1.42. The minimum Gasteiger partial charge on any atom is -0.317 e. The molecular weight excluding hydrogens is 212 g/mol. The minimum absolute atomic E-state index is 0.607. The highest BCUT2D eigenvalue weighted by atomic mass is 15.1. The molecule has 4 nitrogen and oxygen atoms in total. The molecule has 0 radical (unpaired) electrons. The Morgan fingerprint density at radius 3 is 2.76 bits per heavy atom. The van der Waals surface area contributed by atoms with Crippen molar-refractivity contribution in [2.24, 2.45) is 0 Å². The van der Waals surface area contributed by atoms with Crippen LogP contribution >= 0.6 is 0 Å². The zero-order valence-electron chi connectivity index (χ0n) is 10.4. The quantitative estimate of drug-likeness (QED) is 0.812. The molecule has 0 unspecified atom stereocenters. The number of hydrogen-bond donors (Lipinski definition) is 1. The van der Waals surface area contributed by atoms with Crippen LogP contribution in [0.25, 0.3) is 5.52 Å². The largest absolute Gasteiger partial charge is 0.317 e. The van der Waals surface area contributed by atoms with E-state index in [0.29, 0.717) is 5.92 Å². The Balaban J connectivity index is 2.05. The third kappa shape index (κ3) is 1.82. The predicted octanol–water partition coefficient (Wildman–Crippen LogP) is 1.81. The van der Waals surface area contributed by atoms with Crippen LogP contribution in [0.15, 0.2) is 12.3 Å².